The van der Waals surface area contributed by atoms with Gasteiger partial charge in [-0.05, 0) is 18.6 Å². The molecule has 1 aromatic carbocycles. The molecule has 1 atom stereocenters. The van der Waals surface area contributed by atoms with E-state index >= 15 is 0 Å². The van der Waals surface area contributed by atoms with E-state index in [4.69, 9.17) is 5.26 Å². The summed E-state index contributed by atoms with van der Waals surface area (Å²) in [6.45, 7) is 0. The number of pyridine rings is 1. The monoisotopic (exact) mass is 297 g/mol. The summed E-state index contributed by atoms with van der Waals surface area (Å²) in [7, 11) is 1.24. The third kappa shape index (κ3) is 3.58. The predicted octanol–water partition coefficient (Wildman–Crippen LogP) is 1.81. The minimum absolute atomic E-state index is 0.144. The molecule has 2 rings (SSSR count). The smallest absolute Gasteiger partial charge is 0.328 e. The molecule has 6 heteroatoms. The quantitative estimate of drug-likeness (QED) is 0.850. The second kappa shape index (κ2) is 7.18. The van der Waals surface area contributed by atoms with Crippen molar-refractivity contribution in [2.24, 2.45) is 0 Å². The summed E-state index contributed by atoms with van der Waals surface area (Å²) in [5, 5.41) is 12.1. The van der Waals surface area contributed by atoms with Crippen molar-refractivity contribution in [2.75, 3.05) is 7.11 Å². The lowest BCUT2D eigenvalue weighted by Crippen LogP contribution is -2.41. The van der Waals surface area contributed by atoms with Crippen molar-refractivity contribution in [1.82, 2.24) is 10.3 Å². The first kappa shape index (κ1) is 15.4. The number of carbonyl (C=O) groups excluding carboxylic acids is 2. The highest BCUT2D eigenvalue weighted by atomic mass is 16.5. The van der Waals surface area contributed by atoms with E-state index in [1.54, 1.807) is 18.2 Å². The van der Waals surface area contributed by atoms with Gasteiger partial charge in [-0.3, -0.25) is 4.79 Å². The minimum atomic E-state index is -0.856. The van der Waals surface area contributed by atoms with Gasteiger partial charge in [-0.2, -0.15) is 5.26 Å². The normalized spacial score (nSPS) is 11.5. The van der Waals surface area contributed by atoms with Gasteiger partial charge in [0.15, 0.2) is 0 Å². The van der Waals surface area contributed by atoms with Crippen LogP contribution in [-0.2, 0) is 9.53 Å². The zero-order valence-corrected chi connectivity index (χ0v) is 12.1. The fourth-order valence-corrected chi connectivity index (χ4v) is 2.02. The lowest BCUT2D eigenvalue weighted by Gasteiger charge is -2.15. The summed E-state index contributed by atoms with van der Waals surface area (Å²) in [6, 6.07) is 11.9. The van der Waals surface area contributed by atoms with Crippen molar-refractivity contribution < 1.29 is 14.3 Å². The van der Waals surface area contributed by atoms with Gasteiger partial charge in [0.05, 0.1) is 18.7 Å². The van der Waals surface area contributed by atoms with Gasteiger partial charge in [0.25, 0.3) is 5.91 Å². The van der Waals surface area contributed by atoms with E-state index in [-0.39, 0.29) is 18.5 Å². The largest absolute Gasteiger partial charge is 0.467 e. The average molecular weight is 297 g/mol. The third-order valence-electron chi connectivity index (χ3n) is 3.17. The first-order chi connectivity index (χ1) is 10.7. The maximum atomic E-state index is 12.2. The highest BCUT2D eigenvalue weighted by Gasteiger charge is 2.22. The molecule has 0 aliphatic heterocycles. The molecule has 22 heavy (non-hydrogen) atoms. The maximum absolute atomic E-state index is 12.2. The van der Waals surface area contributed by atoms with Gasteiger partial charge in [-0.1, -0.05) is 24.3 Å². The topological polar surface area (TPSA) is 92.1 Å². The fraction of sp³-hybridized carbons (Fsp3) is 0.250. The molecule has 0 spiro atoms. The number of carbonyl (C=O) groups is 2. The standard InChI is InChI=1S/C16H15N3O3/c1-22-16(21)14(7-4-10-17)19-15(20)13-9-8-11-5-2-3-6-12(11)18-13/h2-3,5-6,8-9,14H,4,7H2,1H3,(H,19,20)/t14-/m1/s1. The van der Waals surface area contributed by atoms with Crippen LogP contribution in [0.1, 0.15) is 23.3 Å². The van der Waals surface area contributed by atoms with E-state index in [0.717, 1.165) is 5.39 Å². The molecule has 0 saturated carbocycles. The molecule has 0 radical (unpaired) electrons. The number of fused-ring (bicyclic) bond motifs is 1. The molecule has 0 fully saturated rings. The predicted molar refractivity (Wildman–Crippen MR) is 79.9 cm³/mol. The van der Waals surface area contributed by atoms with Crippen LogP contribution < -0.4 is 5.32 Å². The number of amides is 1. The van der Waals surface area contributed by atoms with Crippen LogP contribution in [0.15, 0.2) is 36.4 Å². The lowest BCUT2D eigenvalue weighted by atomic mass is 10.1. The molecule has 1 heterocycles. The molecule has 6 nitrogen and oxygen atoms in total. The molecule has 2 aromatic rings. The molecular formula is C16H15N3O3. The number of nitrogens with one attached hydrogen (secondary N) is 1. The number of aromatic nitrogens is 1. The highest BCUT2D eigenvalue weighted by Crippen LogP contribution is 2.12. The Morgan fingerprint density at radius 3 is 2.82 bits per heavy atom. The van der Waals surface area contributed by atoms with Gasteiger partial charge in [0.1, 0.15) is 11.7 Å². The van der Waals surface area contributed by atoms with Crippen LogP contribution in [-0.4, -0.2) is 30.0 Å². The number of methoxy groups -OCH3 is 1. The summed E-state index contributed by atoms with van der Waals surface area (Å²) in [5.41, 5.74) is 0.909. The van der Waals surface area contributed by atoms with E-state index in [9.17, 15) is 9.59 Å². The van der Waals surface area contributed by atoms with Crippen molar-refractivity contribution in [3.05, 3.63) is 42.1 Å². The van der Waals surface area contributed by atoms with Crippen molar-refractivity contribution in [3.8, 4) is 6.07 Å². The second-order valence-corrected chi connectivity index (χ2v) is 4.64. The number of benzene rings is 1. The molecule has 0 bridgehead atoms. The van der Waals surface area contributed by atoms with E-state index in [1.165, 1.54) is 7.11 Å². The van der Waals surface area contributed by atoms with E-state index in [0.29, 0.717) is 5.52 Å². The molecule has 1 N–H and O–H groups in total. The Morgan fingerprint density at radius 1 is 1.32 bits per heavy atom. The number of nitrogens with zero attached hydrogens (tertiary/aromatic N) is 2. The Kier molecular flexibility index (Phi) is 5.04. The Labute approximate surface area is 127 Å². The first-order valence-electron chi connectivity index (χ1n) is 6.77. The number of rotatable bonds is 5. The SMILES string of the molecule is COC(=O)[C@@H](CCC#N)NC(=O)c1ccc2ccccc2n1. The van der Waals surface area contributed by atoms with Crippen LogP contribution in [0.25, 0.3) is 10.9 Å². The van der Waals surface area contributed by atoms with Crippen LogP contribution in [0.3, 0.4) is 0 Å². The molecule has 1 aromatic heterocycles. The first-order valence-corrected chi connectivity index (χ1v) is 6.77. The Bertz CT molecular complexity index is 737. The summed E-state index contributed by atoms with van der Waals surface area (Å²) < 4.78 is 4.63. The molecule has 0 aliphatic rings. The lowest BCUT2D eigenvalue weighted by molar-refractivity contribution is -0.143. The number of esters is 1. The highest BCUT2D eigenvalue weighted by molar-refractivity contribution is 5.97. The second-order valence-electron chi connectivity index (χ2n) is 4.64. The van der Waals surface area contributed by atoms with Gasteiger partial charge >= 0.3 is 5.97 Å². The van der Waals surface area contributed by atoms with Crippen molar-refractivity contribution >= 4 is 22.8 Å². The van der Waals surface area contributed by atoms with Crippen LogP contribution in [0.4, 0.5) is 0 Å². The molecular weight excluding hydrogens is 282 g/mol. The average Bonchev–Trinajstić information content (AvgIpc) is 2.57. The summed E-state index contributed by atoms with van der Waals surface area (Å²) in [4.78, 5) is 28.1. The number of para-hydroxylation sites is 1. The van der Waals surface area contributed by atoms with Crippen LogP contribution in [0.2, 0.25) is 0 Å². The number of hydrogen-bond donors (Lipinski definition) is 1. The van der Waals surface area contributed by atoms with Crippen molar-refractivity contribution in [3.63, 3.8) is 0 Å². The summed E-state index contributed by atoms with van der Waals surface area (Å²) in [5.74, 6) is -1.05. The van der Waals surface area contributed by atoms with E-state index in [1.807, 2.05) is 24.3 Å². The molecule has 1 amide bonds. The number of nitriles is 1. The van der Waals surface area contributed by atoms with Gasteiger partial charge in [0, 0.05) is 11.8 Å². The van der Waals surface area contributed by atoms with Gasteiger partial charge in [-0.25, -0.2) is 9.78 Å². The van der Waals surface area contributed by atoms with Crippen molar-refractivity contribution in [1.29, 1.82) is 5.26 Å². The van der Waals surface area contributed by atoms with Crippen molar-refractivity contribution in [2.45, 2.75) is 18.9 Å². The fourth-order valence-electron chi connectivity index (χ4n) is 2.02. The molecule has 0 unspecified atom stereocenters. The van der Waals surface area contributed by atoms with Gasteiger partial charge < -0.3 is 10.1 Å². The van der Waals surface area contributed by atoms with Gasteiger partial charge in [0.2, 0.25) is 0 Å². The summed E-state index contributed by atoms with van der Waals surface area (Å²) >= 11 is 0. The molecule has 112 valence electrons. The maximum Gasteiger partial charge on any atom is 0.328 e. The Hall–Kier alpha value is -2.94. The van der Waals surface area contributed by atoms with Crippen LogP contribution in [0.5, 0.6) is 0 Å². The number of hydrogen-bond acceptors (Lipinski definition) is 5. The minimum Gasteiger partial charge on any atom is -0.467 e. The van der Waals surface area contributed by atoms with Gasteiger partial charge in [-0.15, -0.1) is 0 Å². The summed E-state index contributed by atoms with van der Waals surface area (Å²) in [6.07, 6.45) is 0.341. The Morgan fingerprint density at radius 2 is 2.09 bits per heavy atom. The molecule has 0 saturated heterocycles. The zero-order chi connectivity index (χ0) is 15.9. The zero-order valence-electron chi connectivity index (χ0n) is 12.1. The third-order valence-corrected chi connectivity index (χ3v) is 3.17. The number of ether oxygens (including phenoxy) is 1. The molecule has 0 aliphatic carbocycles. The van der Waals surface area contributed by atoms with E-state index < -0.39 is 17.9 Å². The van der Waals surface area contributed by atoms with Crippen LogP contribution >= 0.6 is 0 Å². The van der Waals surface area contributed by atoms with E-state index in [2.05, 4.69) is 15.0 Å². The Balaban J connectivity index is 2.17. The van der Waals surface area contributed by atoms with Crippen LogP contribution in [0, 0.1) is 11.3 Å².